The van der Waals surface area contributed by atoms with Gasteiger partial charge in [0.25, 0.3) is 0 Å². The Morgan fingerprint density at radius 2 is 1.45 bits per heavy atom. The van der Waals surface area contributed by atoms with E-state index in [0.29, 0.717) is 12.8 Å². The number of nitrogens with zero attached hydrogens (tertiary/aromatic N) is 1. The van der Waals surface area contributed by atoms with Crippen molar-refractivity contribution in [3.05, 3.63) is 24.3 Å². The van der Waals surface area contributed by atoms with Gasteiger partial charge in [0.1, 0.15) is 0 Å². The number of primary sulfonamides is 1. The molecule has 4 N–H and O–H groups in total. The van der Waals surface area contributed by atoms with E-state index in [9.17, 15) is 21.6 Å². The summed E-state index contributed by atoms with van der Waals surface area (Å²) in [6, 6.07) is 4.71. The van der Waals surface area contributed by atoms with Crippen molar-refractivity contribution in [2.45, 2.75) is 22.6 Å². The molecule has 0 atom stereocenters. The average Bonchev–Trinajstić information content (AvgIpc) is 2.46. The Bertz CT molecular complexity index is 763. The largest absolute Gasteiger partial charge is 0.369 e. The lowest BCUT2D eigenvalue weighted by Gasteiger charge is -2.29. The maximum absolute atomic E-state index is 12.5. The fraction of sp³-hybridized carbons (Fsp3) is 0.417. The van der Waals surface area contributed by atoms with Crippen molar-refractivity contribution in [3.63, 3.8) is 0 Å². The molecule has 10 heteroatoms. The molecule has 1 saturated heterocycles. The Balaban J connectivity index is 2.19. The first-order valence-electron chi connectivity index (χ1n) is 6.54. The fourth-order valence-electron chi connectivity index (χ4n) is 2.33. The third-order valence-corrected chi connectivity index (χ3v) is 6.49. The van der Waals surface area contributed by atoms with Crippen LogP contribution in [0, 0.1) is 5.92 Å². The number of nitrogens with two attached hydrogens (primary N) is 2. The van der Waals surface area contributed by atoms with Crippen LogP contribution in [0.2, 0.25) is 0 Å². The molecule has 0 aliphatic carbocycles. The highest BCUT2D eigenvalue weighted by Crippen LogP contribution is 2.24. The number of carbonyl (C=O) groups is 1. The van der Waals surface area contributed by atoms with Crippen LogP contribution in [0.25, 0.3) is 0 Å². The van der Waals surface area contributed by atoms with Crippen LogP contribution in [0.3, 0.4) is 0 Å². The molecule has 22 heavy (non-hydrogen) atoms. The number of sulfonamides is 2. The van der Waals surface area contributed by atoms with Gasteiger partial charge < -0.3 is 5.73 Å². The van der Waals surface area contributed by atoms with Gasteiger partial charge in [-0.05, 0) is 37.1 Å². The minimum Gasteiger partial charge on any atom is -0.369 e. The molecule has 0 spiro atoms. The Morgan fingerprint density at radius 1 is 1.00 bits per heavy atom. The van der Waals surface area contributed by atoms with Gasteiger partial charge in [-0.3, -0.25) is 4.79 Å². The lowest BCUT2D eigenvalue weighted by atomic mass is 9.98. The van der Waals surface area contributed by atoms with E-state index in [0.717, 1.165) is 12.1 Å². The molecule has 1 aliphatic rings. The van der Waals surface area contributed by atoms with E-state index in [1.165, 1.54) is 16.4 Å². The molecular weight excluding hydrogens is 330 g/mol. The first-order valence-corrected chi connectivity index (χ1v) is 9.53. The predicted molar refractivity (Wildman–Crippen MR) is 78.5 cm³/mol. The van der Waals surface area contributed by atoms with Gasteiger partial charge in [-0.15, -0.1) is 0 Å². The summed E-state index contributed by atoms with van der Waals surface area (Å²) < 4.78 is 48.5. The lowest BCUT2D eigenvalue weighted by molar-refractivity contribution is -0.122. The zero-order valence-corrected chi connectivity index (χ0v) is 13.3. The highest BCUT2D eigenvalue weighted by Gasteiger charge is 2.31. The standard InChI is InChI=1S/C12H17N3O5S2/c13-12(16)9-5-7-15(8-6-9)22(19,20)11-3-1-10(2-4-11)21(14,17)18/h1-4,9H,5-8H2,(H2,13,16)(H2,14,17,18). The molecule has 1 aromatic rings. The number of rotatable bonds is 4. The van der Waals surface area contributed by atoms with Crippen LogP contribution in [0.4, 0.5) is 0 Å². The average molecular weight is 347 g/mol. The van der Waals surface area contributed by atoms with Crippen LogP contribution in [-0.4, -0.2) is 40.1 Å². The molecule has 0 unspecified atom stereocenters. The third kappa shape index (κ3) is 3.46. The predicted octanol–water partition coefficient (Wildman–Crippen LogP) is -0.780. The zero-order chi connectivity index (χ0) is 16.5. The van der Waals surface area contributed by atoms with Crippen LogP contribution < -0.4 is 10.9 Å². The Morgan fingerprint density at radius 3 is 1.86 bits per heavy atom. The number of piperidine rings is 1. The van der Waals surface area contributed by atoms with Crippen LogP contribution in [-0.2, 0) is 24.8 Å². The van der Waals surface area contributed by atoms with E-state index in [1.54, 1.807) is 0 Å². The molecule has 1 aromatic carbocycles. The van der Waals surface area contributed by atoms with Crippen molar-refractivity contribution in [3.8, 4) is 0 Å². The lowest BCUT2D eigenvalue weighted by Crippen LogP contribution is -2.41. The summed E-state index contributed by atoms with van der Waals surface area (Å²) >= 11 is 0. The monoisotopic (exact) mass is 347 g/mol. The molecule has 1 fully saturated rings. The van der Waals surface area contributed by atoms with E-state index in [4.69, 9.17) is 10.9 Å². The number of hydrogen-bond donors (Lipinski definition) is 2. The minimum absolute atomic E-state index is 0.0163. The van der Waals surface area contributed by atoms with Crippen molar-refractivity contribution >= 4 is 26.0 Å². The van der Waals surface area contributed by atoms with E-state index >= 15 is 0 Å². The maximum Gasteiger partial charge on any atom is 0.243 e. The molecule has 8 nitrogen and oxygen atoms in total. The fourth-order valence-corrected chi connectivity index (χ4v) is 4.32. The molecule has 2 rings (SSSR count). The molecule has 1 heterocycles. The number of benzene rings is 1. The molecule has 1 aliphatic heterocycles. The van der Waals surface area contributed by atoms with Crippen molar-refractivity contribution in [1.29, 1.82) is 0 Å². The van der Waals surface area contributed by atoms with E-state index in [2.05, 4.69) is 0 Å². The first kappa shape index (κ1) is 16.9. The van der Waals surface area contributed by atoms with Gasteiger partial charge in [0.2, 0.25) is 26.0 Å². The van der Waals surface area contributed by atoms with E-state index in [-0.39, 0.29) is 28.8 Å². The molecule has 0 bridgehead atoms. The summed E-state index contributed by atoms with van der Waals surface area (Å²) in [6.07, 6.45) is 0.758. The minimum atomic E-state index is -3.87. The van der Waals surface area contributed by atoms with Crippen LogP contribution in [0.5, 0.6) is 0 Å². The van der Waals surface area contributed by atoms with E-state index in [1.807, 2.05) is 0 Å². The van der Waals surface area contributed by atoms with Gasteiger partial charge in [-0.2, -0.15) is 4.31 Å². The smallest absolute Gasteiger partial charge is 0.243 e. The SMILES string of the molecule is NC(=O)C1CCN(S(=O)(=O)c2ccc(S(N)(=O)=O)cc2)CC1. The molecule has 0 radical (unpaired) electrons. The normalized spacial score (nSPS) is 18.2. The summed E-state index contributed by atoms with van der Waals surface area (Å²) in [4.78, 5) is 10.9. The number of carbonyl (C=O) groups excluding carboxylic acids is 1. The first-order chi connectivity index (χ1) is 10.1. The van der Waals surface area contributed by atoms with Gasteiger partial charge in [0.05, 0.1) is 9.79 Å². The number of primary amides is 1. The van der Waals surface area contributed by atoms with Crippen molar-refractivity contribution in [2.24, 2.45) is 16.8 Å². The van der Waals surface area contributed by atoms with Gasteiger partial charge in [0.15, 0.2) is 0 Å². The van der Waals surface area contributed by atoms with Gasteiger partial charge in [0, 0.05) is 19.0 Å². The zero-order valence-electron chi connectivity index (χ0n) is 11.7. The topological polar surface area (TPSA) is 141 Å². The Labute approximate surface area is 129 Å². The van der Waals surface area contributed by atoms with Crippen LogP contribution in [0.15, 0.2) is 34.1 Å². The maximum atomic E-state index is 12.5. The van der Waals surface area contributed by atoms with Crippen molar-refractivity contribution < 1.29 is 21.6 Å². The molecule has 1 amide bonds. The quantitative estimate of drug-likeness (QED) is 0.735. The number of amides is 1. The van der Waals surface area contributed by atoms with E-state index < -0.39 is 26.0 Å². The summed E-state index contributed by atoms with van der Waals surface area (Å²) in [5, 5.41) is 4.97. The van der Waals surface area contributed by atoms with Crippen molar-refractivity contribution in [1.82, 2.24) is 4.31 Å². The Hall–Kier alpha value is -1.49. The summed E-state index contributed by atoms with van der Waals surface area (Å²) in [6.45, 7) is 0.403. The second-order valence-electron chi connectivity index (χ2n) is 5.10. The molecule has 0 aromatic heterocycles. The van der Waals surface area contributed by atoms with Crippen molar-refractivity contribution in [2.75, 3.05) is 13.1 Å². The summed E-state index contributed by atoms with van der Waals surface area (Å²) in [5.41, 5.74) is 5.21. The second-order valence-corrected chi connectivity index (χ2v) is 8.60. The van der Waals surface area contributed by atoms with Crippen LogP contribution >= 0.6 is 0 Å². The van der Waals surface area contributed by atoms with Gasteiger partial charge >= 0.3 is 0 Å². The molecule has 122 valence electrons. The van der Waals surface area contributed by atoms with Gasteiger partial charge in [-0.25, -0.2) is 22.0 Å². The number of hydrogen-bond acceptors (Lipinski definition) is 5. The third-order valence-electron chi connectivity index (χ3n) is 3.65. The van der Waals surface area contributed by atoms with Gasteiger partial charge in [-0.1, -0.05) is 0 Å². The molecule has 0 saturated carbocycles. The Kier molecular flexibility index (Phi) is 4.57. The summed E-state index contributed by atoms with van der Waals surface area (Å²) in [5.74, 6) is -0.731. The second kappa shape index (κ2) is 5.95. The van der Waals surface area contributed by atoms with Crippen LogP contribution in [0.1, 0.15) is 12.8 Å². The highest BCUT2D eigenvalue weighted by atomic mass is 32.2. The molecular formula is C12H17N3O5S2. The summed E-state index contributed by atoms with van der Waals surface area (Å²) in [7, 11) is -7.59. The highest BCUT2D eigenvalue weighted by molar-refractivity contribution is 7.89.